The van der Waals surface area contributed by atoms with E-state index in [2.05, 4.69) is 21.7 Å². The second kappa shape index (κ2) is 14.4. The van der Waals surface area contributed by atoms with Crippen molar-refractivity contribution in [2.24, 2.45) is 0 Å². The lowest BCUT2D eigenvalue weighted by Gasteiger charge is -2.13. The molecule has 1 N–H and O–H groups in total. The minimum atomic E-state index is -0.868. The number of hydrogen-bond donors (Lipinski definition) is 1. The van der Waals surface area contributed by atoms with Crippen LogP contribution < -0.4 is 14.8 Å². The van der Waals surface area contributed by atoms with Gasteiger partial charge in [0, 0.05) is 5.56 Å². The lowest BCUT2D eigenvalue weighted by molar-refractivity contribution is -0.140. The van der Waals surface area contributed by atoms with Gasteiger partial charge in [-0.25, -0.2) is 9.59 Å². The fourth-order valence-electron chi connectivity index (χ4n) is 2.97. The van der Waals surface area contributed by atoms with Crippen LogP contribution in [-0.2, 0) is 19.1 Å². The highest BCUT2D eigenvalue weighted by Crippen LogP contribution is 2.27. The molecule has 2 aromatic rings. The lowest BCUT2D eigenvalue weighted by Crippen LogP contribution is -2.16. The van der Waals surface area contributed by atoms with Gasteiger partial charge in [-0.1, -0.05) is 44.7 Å². The summed E-state index contributed by atoms with van der Waals surface area (Å²) in [5.74, 6) is -1.56. The zero-order chi connectivity index (χ0) is 24.8. The number of amides is 1. The third-order valence-electron chi connectivity index (χ3n) is 4.83. The maximum absolute atomic E-state index is 12.8. The molecule has 8 nitrogen and oxygen atoms in total. The summed E-state index contributed by atoms with van der Waals surface area (Å²) in [5, 5.41) is 2.75. The summed E-state index contributed by atoms with van der Waals surface area (Å²) in [5.41, 5.74) is 0.725. The molecule has 0 spiro atoms. The number of ether oxygens (including phenoxy) is 4. The molecule has 1 amide bonds. The Morgan fingerprint density at radius 3 is 2.26 bits per heavy atom. The van der Waals surface area contributed by atoms with Gasteiger partial charge in [-0.15, -0.1) is 0 Å². The van der Waals surface area contributed by atoms with E-state index in [1.807, 2.05) is 0 Å². The van der Waals surface area contributed by atoms with Gasteiger partial charge in [0.2, 0.25) is 5.76 Å². The van der Waals surface area contributed by atoms with Crippen LogP contribution in [0.15, 0.2) is 60.4 Å². The quantitative estimate of drug-likeness (QED) is 0.193. The number of methoxy groups -OCH3 is 2. The van der Waals surface area contributed by atoms with E-state index in [1.54, 1.807) is 48.5 Å². The van der Waals surface area contributed by atoms with E-state index in [9.17, 15) is 14.4 Å². The molecular weight excluding hydrogens is 438 g/mol. The predicted molar refractivity (Wildman–Crippen MR) is 128 cm³/mol. The first kappa shape index (κ1) is 26.4. The first-order valence-electron chi connectivity index (χ1n) is 11.2. The van der Waals surface area contributed by atoms with Crippen molar-refractivity contribution in [3.63, 3.8) is 0 Å². The average molecular weight is 470 g/mol. The second-order valence-electron chi connectivity index (χ2n) is 7.36. The second-order valence-corrected chi connectivity index (χ2v) is 7.36. The van der Waals surface area contributed by atoms with Gasteiger partial charge in [-0.2, -0.15) is 0 Å². The Morgan fingerprint density at radius 1 is 0.882 bits per heavy atom. The molecule has 2 rings (SSSR count). The molecule has 0 aromatic heterocycles. The Balaban J connectivity index is 2.03. The smallest absolute Gasteiger partial charge is 0.374 e. The van der Waals surface area contributed by atoms with Gasteiger partial charge < -0.3 is 24.3 Å². The van der Waals surface area contributed by atoms with Crippen LogP contribution in [0.4, 0.5) is 5.69 Å². The number of nitrogens with one attached hydrogen (secondary N) is 1. The van der Waals surface area contributed by atoms with E-state index in [4.69, 9.17) is 9.47 Å². The van der Waals surface area contributed by atoms with E-state index in [-0.39, 0.29) is 17.4 Å². The molecule has 0 fully saturated rings. The fourth-order valence-corrected chi connectivity index (χ4v) is 2.97. The predicted octanol–water partition coefficient (Wildman–Crippen LogP) is 4.90. The number of para-hydroxylation sites is 2. The van der Waals surface area contributed by atoms with Crippen molar-refractivity contribution in [1.29, 1.82) is 0 Å². The van der Waals surface area contributed by atoms with Gasteiger partial charge in [0.25, 0.3) is 5.91 Å². The highest BCUT2D eigenvalue weighted by molar-refractivity contribution is 6.05. The van der Waals surface area contributed by atoms with Crippen molar-refractivity contribution in [2.45, 2.75) is 39.0 Å². The number of benzene rings is 2. The summed E-state index contributed by atoms with van der Waals surface area (Å²) in [4.78, 5) is 36.3. The number of esters is 2. The molecule has 0 saturated heterocycles. The molecule has 8 heteroatoms. The van der Waals surface area contributed by atoms with E-state index in [1.165, 1.54) is 26.4 Å². The summed E-state index contributed by atoms with van der Waals surface area (Å²) in [6.45, 7) is 2.82. The molecule has 0 atom stereocenters. The normalized spacial score (nSPS) is 10.9. The van der Waals surface area contributed by atoms with Crippen molar-refractivity contribution < 1.29 is 33.3 Å². The van der Waals surface area contributed by atoms with E-state index in [0.717, 1.165) is 26.0 Å². The number of hydrogen-bond acceptors (Lipinski definition) is 7. The average Bonchev–Trinajstić information content (AvgIpc) is 2.86. The maximum atomic E-state index is 12.8. The lowest BCUT2D eigenvalue weighted by atomic mass is 10.1. The van der Waals surface area contributed by atoms with Gasteiger partial charge in [0.05, 0.1) is 32.6 Å². The van der Waals surface area contributed by atoms with Crippen LogP contribution in [0.25, 0.3) is 0 Å². The molecule has 34 heavy (non-hydrogen) atoms. The highest BCUT2D eigenvalue weighted by Gasteiger charge is 2.18. The third kappa shape index (κ3) is 8.61. The van der Waals surface area contributed by atoms with Gasteiger partial charge in [0.15, 0.2) is 5.75 Å². The molecule has 0 aliphatic rings. The van der Waals surface area contributed by atoms with Crippen LogP contribution in [0.2, 0.25) is 0 Å². The number of carbonyl (C=O) groups is 3. The topological polar surface area (TPSA) is 100 Å². The van der Waals surface area contributed by atoms with E-state index >= 15 is 0 Å². The Labute approximate surface area is 199 Å². The molecule has 0 aliphatic heterocycles. The standard InChI is InChI=1S/C26H31NO7/c1-4-5-6-7-10-17-33-20-15-13-19(14-16-20)25(29)27-21-11-8-9-12-22(21)34-23(26(30)32-3)18-24(28)31-2/h8-9,11-16,18H,4-7,10,17H2,1-3H3,(H,27,29)/b23-18-. The Hall–Kier alpha value is -3.81. The molecule has 0 aliphatic carbocycles. The number of unbranched alkanes of at least 4 members (excludes halogenated alkanes) is 4. The largest absolute Gasteiger partial charge is 0.494 e. The van der Waals surface area contributed by atoms with E-state index in [0.29, 0.717) is 23.6 Å². The molecule has 0 radical (unpaired) electrons. The molecule has 0 bridgehead atoms. The van der Waals surface area contributed by atoms with E-state index < -0.39 is 11.9 Å². The van der Waals surface area contributed by atoms with Crippen LogP contribution in [0.3, 0.4) is 0 Å². The summed E-state index contributed by atoms with van der Waals surface area (Å²) < 4.78 is 20.5. The molecule has 182 valence electrons. The molecule has 2 aromatic carbocycles. The number of anilines is 1. The number of carbonyl (C=O) groups excluding carboxylic acids is 3. The van der Waals surface area contributed by atoms with Gasteiger partial charge in [-0.05, 0) is 42.8 Å². The summed E-state index contributed by atoms with van der Waals surface area (Å²) >= 11 is 0. The fraction of sp³-hybridized carbons (Fsp3) is 0.346. The van der Waals surface area contributed by atoms with Gasteiger partial charge in [-0.3, -0.25) is 4.79 Å². The Morgan fingerprint density at radius 2 is 1.59 bits per heavy atom. The molecule has 0 saturated carbocycles. The first-order chi connectivity index (χ1) is 16.5. The van der Waals surface area contributed by atoms with Gasteiger partial charge in [0.1, 0.15) is 5.75 Å². The third-order valence-corrected chi connectivity index (χ3v) is 4.83. The van der Waals surface area contributed by atoms with Crippen LogP contribution >= 0.6 is 0 Å². The summed E-state index contributed by atoms with van der Waals surface area (Å²) in [6, 6.07) is 13.3. The summed E-state index contributed by atoms with van der Waals surface area (Å²) in [6.07, 6.45) is 6.66. The van der Waals surface area contributed by atoms with Crippen LogP contribution in [0.5, 0.6) is 11.5 Å². The summed E-state index contributed by atoms with van der Waals surface area (Å²) in [7, 11) is 2.33. The van der Waals surface area contributed by atoms with Crippen LogP contribution in [0, 0.1) is 0 Å². The Kier molecular flexibility index (Phi) is 11.2. The molecule has 0 unspecified atom stereocenters. The van der Waals surface area contributed by atoms with Gasteiger partial charge >= 0.3 is 11.9 Å². The van der Waals surface area contributed by atoms with Crippen molar-refractivity contribution in [3.8, 4) is 11.5 Å². The van der Waals surface area contributed by atoms with Crippen molar-refractivity contribution in [1.82, 2.24) is 0 Å². The highest BCUT2D eigenvalue weighted by atomic mass is 16.6. The minimum absolute atomic E-state index is 0.152. The first-order valence-corrected chi connectivity index (χ1v) is 11.2. The monoisotopic (exact) mass is 469 g/mol. The Bertz CT molecular complexity index is 983. The maximum Gasteiger partial charge on any atom is 0.374 e. The van der Waals surface area contributed by atoms with Crippen molar-refractivity contribution >= 4 is 23.5 Å². The zero-order valence-electron chi connectivity index (χ0n) is 19.8. The van der Waals surface area contributed by atoms with Crippen LogP contribution in [-0.4, -0.2) is 38.7 Å². The SMILES string of the molecule is CCCCCCCOc1ccc(C(=O)Nc2ccccc2O/C(=C\C(=O)OC)C(=O)OC)cc1. The zero-order valence-corrected chi connectivity index (χ0v) is 19.8. The molecule has 0 heterocycles. The van der Waals surface area contributed by atoms with Crippen LogP contribution in [0.1, 0.15) is 49.4 Å². The minimum Gasteiger partial charge on any atom is -0.494 e. The van der Waals surface area contributed by atoms with Crippen molar-refractivity contribution in [2.75, 3.05) is 26.1 Å². The number of rotatable bonds is 13. The molecular formula is C26H31NO7. The van der Waals surface area contributed by atoms with Crippen molar-refractivity contribution in [3.05, 3.63) is 65.9 Å².